The van der Waals surface area contributed by atoms with E-state index < -0.39 is 15.2 Å². The minimum Gasteiger partial charge on any atom is -0.258 e. The molecule has 0 aliphatic carbocycles. The first kappa shape index (κ1) is 10.7. The second-order valence-electron chi connectivity index (χ2n) is 2.81. The van der Waals surface area contributed by atoms with Crippen LogP contribution in [0, 0.1) is 0 Å². The first-order valence-electron chi connectivity index (χ1n) is 4.03. The predicted octanol–water partition coefficient (Wildman–Crippen LogP) is 2.23. The van der Waals surface area contributed by atoms with Gasteiger partial charge in [0.25, 0.3) is 0 Å². The van der Waals surface area contributed by atoms with Crippen LogP contribution in [0.5, 0.6) is 0 Å². The number of thiazole rings is 1. The molecule has 1 aromatic carbocycles. The van der Waals surface area contributed by atoms with E-state index in [1.54, 1.807) is 0 Å². The number of sulfonamides is 1. The Balaban J connectivity index is 2.38. The summed E-state index contributed by atoms with van der Waals surface area (Å²) in [4.78, 5) is 4.12. The number of aromatic nitrogens is 1. The Kier molecular flexibility index (Phi) is 2.81. The van der Waals surface area contributed by atoms with Gasteiger partial charge in [-0.15, -0.1) is 11.6 Å². The summed E-state index contributed by atoms with van der Waals surface area (Å²) in [5.74, 6) is 0. The molecular weight excluding hydrogens is 256 g/mol. The second kappa shape index (κ2) is 3.96. The Morgan fingerprint density at radius 1 is 1.40 bits per heavy atom. The Labute approximate surface area is 96.0 Å². The molecule has 1 N–H and O–H groups in total. The van der Waals surface area contributed by atoms with Crippen molar-refractivity contribution in [1.82, 2.24) is 4.98 Å². The van der Waals surface area contributed by atoms with Crippen LogP contribution in [0.3, 0.4) is 0 Å². The van der Waals surface area contributed by atoms with Gasteiger partial charge in [-0.05, 0) is 12.1 Å². The summed E-state index contributed by atoms with van der Waals surface area (Å²) in [7, 11) is -3.46. The SMILES string of the molecule is O=S(=O)(CCl)Nc1nc2ccccc2s1. The molecule has 2 aromatic rings. The highest BCUT2D eigenvalue weighted by molar-refractivity contribution is 7.94. The van der Waals surface area contributed by atoms with Gasteiger partial charge in [0.15, 0.2) is 5.13 Å². The average Bonchev–Trinajstić information content (AvgIpc) is 2.58. The molecule has 0 fully saturated rings. The minimum absolute atomic E-state index is 0.344. The lowest BCUT2D eigenvalue weighted by atomic mass is 10.3. The molecule has 80 valence electrons. The minimum atomic E-state index is -3.46. The highest BCUT2D eigenvalue weighted by Crippen LogP contribution is 2.26. The third-order valence-corrected chi connectivity index (χ3v) is 4.41. The average molecular weight is 263 g/mol. The third-order valence-electron chi connectivity index (χ3n) is 1.68. The van der Waals surface area contributed by atoms with E-state index in [4.69, 9.17) is 11.6 Å². The van der Waals surface area contributed by atoms with Crippen molar-refractivity contribution in [1.29, 1.82) is 0 Å². The summed E-state index contributed by atoms with van der Waals surface area (Å²) < 4.78 is 25.6. The van der Waals surface area contributed by atoms with E-state index in [0.29, 0.717) is 5.13 Å². The Morgan fingerprint density at radius 2 is 2.13 bits per heavy atom. The first-order chi connectivity index (χ1) is 7.11. The highest BCUT2D eigenvalue weighted by Gasteiger charge is 2.11. The molecule has 4 nitrogen and oxygen atoms in total. The number of halogens is 1. The number of hydrogen-bond acceptors (Lipinski definition) is 4. The fourth-order valence-electron chi connectivity index (χ4n) is 1.08. The Bertz CT molecular complexity index is 546. The number of anilines is 1. The van der Waals surface area contributed by atoms with Crippen molar-refractivity contribution in [2.45, 2.75) is 0 Å². The number of hydrogen-bond donors (Lipinski definition) is 1. The van der Waals surface area contributed by atoms with Crippen LogP contribution in [-0.2, 0) is 10.0 Å². The molecule has 0 unspecified atom stereocenters. The van der Waals surface area contributed by atoms with Crippen molar-refractivity contribution in [3.63, 3.8) is 0 Å². The van der Waals surface area contributed by atoms with Gasteiger partial charge in [-0.2, -0.15) is 0 Å². The highest BCUT2D eigenvalue weighted by atomic mass is 35.5. The zero-order chi connectivity index (χ0) is 10.9. The molecule has 2 rings (SSSR count). The summed E-state index contributed by atoms with van der Waals surface area (Å²) in [6, 6.07) is 7.43. The van der Waals surface area contributed by atoms with Crippen LogP contribution >= 0.6 is 22.9 Å². The number of benzene rings is 1. The monoisotopic (exact) mass is 262 g/mol. The largest absolute Gasteiger partial charge is 0.258 e. The van der Waals surface area contributed by atoms with Crippen LogP contribution in [-0.4, -0.2) is 18.6 Å². The molecule has 7 heteroatoms. The van der Waals surface area contributed by atoms with Crippen LogP contribution in [0.15, 0.2) is 24.3 Å². The van der Waals surface area contributed by atoms with Gasteiger partial charge >= 0.3 is 0 Å². The Hall–Kier alpha value is -0.850. The van der Waals surface area contributed by atoms with E-state index in [1.807, 2.05) is 24.3 Å². The first-order valence-corrected chi connectivity index (χ1v) is 7.03. The third kappa shape index (κ3) is 2.39. The fraction of sp³-hybridized carbons (Fsp3) is 0.125. The van der Waals surface area contributed by atoms with E-state index in [0.717, 1.165) is 10.2 Å². The van der Waals surface area contributed by atoms with Crippen molar-refractivity contribution in [2.75, 3.05) is 9.93 Å². The zero-order valence-electron chi connectivity index (χ0n) is 7.47. The zero-order valence-corrected chi connectivity index (χ0v) is 9.86. The van der Waals surface area contributed by atoms with Crippen LogP contribution in [0.25, 0.3) is 10.2 Å². The number of rotatable bonds is 3. The van der Waals surface area contributed by atoms with Gasteiger partial charge in [0.1, 0.15) is 5.21 Å². The van der Waals surface area contributed by atoms with Crippen LogP contribution in [0.4, 0.5) is 5.13 Å². The topological polar surface area (TPSA) is 59.1 Å². The Morgan fingerprint density at radius 3 is 2.80 bits per heavy atom. The van der Waals surface area contributed by atoms with Gasteiger partial charge in [-0.1, -0.05) is 23.5 Å². The fourth-order valence-corrected chi connectivity index (χ4v) is 2.87. The van der Waals surface area contributed by atoms with Gasteiger partial charge in [-0.3, -0.25) is 4.72 Å². The maximum atomic E-state index is 11.2. The molecule has 0 aliphatic heterocycles. The normalized spacial score (nSPS) is 11.8. The quantitative estimate of drug-likeness (QED) is 0.863. The predicted molar refractivity (Wildman–Crippen MR) is 62.9 cm³/mol. The smallest absolute Gasteiger partial charge is 0.248 e. The summed E-state index contributed by atoms with van der Waals surface area (Å²) in [6.45, 7) is 0. The van der Waals surface area contributed by atoms with E-state index in [9.17, 15) is 8.42 Å². The molecule has 0 saturated carbocycles. The van der Waals surface area contributed by atoms with Gasteiger partial charge in [0.2, 0.25) is 10.0 Å². The lowest BCUT2D eigenvalue weighted by molar-refractivity contribution is 0.605. The molecule has 0 atom stereocenters. The summed E-state index contributed by atoms with van der Waals surface area (Å²) in [5.41, 5.74) is 0.773. The van der Waals surface area contributed by atoms with Crippen molar-refractivity contribution in [3.05, 3.63) is 24.3 Å². The summed E-state index contributed by atoms with van der Waals surface area (Å²) >= 11 is 6.55. The maximum Gasteiger partial charge on any atom is 0.248 e. The van der Waals surface area contributed by atoms with Crippen LogP contribution in [0.1, 0.15) is 0 Å². The summed E-state index contributed by atoms with van der Waals surface area (Å²) in [6.07, 6.45) is 0. The molecular formula is C8H7ClN2O2S2. The van der Waals surface area contributed by atoms with E-state index in [2.05, 4.69) is 9.71 Å². The van der Waals surface area contributed by atoms with E-state index in [1.165, 1.54) is 11.3 Å². The van der Waals surface area contributed by atoms with Gasteiger partial charge in [-0.25, -0.2) is 13.4 Å². The van der Waals surface area contributed by atoms with Crippen molar-refractivity contribution >= 4 is 48.3 Å². The number of para-hydroxylation sites is 1. The number of alkyl halides is 1. The van der Waals surface area contributed by atoms with Gasteiger partial charge in [0.05, 0.1) is 10.2 Å². The molecule has 1 heterocycles. The van der Waals surface area contributed by atoms with Crippen LogP contribution < -0.4 is 4.72 Å². The number of fused-ring (bicyclic) bond motifs is 1. The number of nitrogens with zero attached hydrogens (tertiary/aromatic N) is 1. The molecule has 0 radical (unpaired) electrons. The standard InChI is InChI=1S/C8H7ClN2O2S2/c9-5-15(12,13)11-8-10-6-3-1-2-4-7(6)14-8/h1-4H,5H2,(H,10,11). The van der Waals surface area contributed by atoms with Crippen LogP contribution in [0.2, 0.25) is 0 Å². The lowest BCUT2D eigenvalue weighted by Gasteiger charge is -1.98. The lowest BCUT2D eigenvalue weighted by Crippen LogP contribution is -2.12. The number of nitrogens with one attached hydrogen (secondary N) is 1. The van der Waals surface area contributed by atoms with Crippen molar-refractivity contribution < 1.29 is 8.42 Å². The van der Waals surface area contributed by atoms with E-state index >= 15 is 0 Å². The van der Waals surface area contributed by atoms with Crippen molar-refractivity contribution in [2.24, 2.45) is 0 Å². The van der Waals surface area contributed by atoms with Gasteiger partial charge in [0, 0.05) is 0 Å². The van der Waals surface area contributed by atoms with E-state index in [-0.39, 0.29) is 0 Å². The molecule has 1 aromatic heterocycles. The molecule has 0 bridgehead atoms. The summed E-state index contributed by atoms with van der Waals surface area (Å²) in [5, 5.41) is -0.125. The van der Waals surface area contributed by atoms with Gasteiger partial charge < -0.3 is 0 Å². The molecule has 0 saturated heterocycles. The molecule has 0 spiro atoms. The molecule has 15 heavy (non-hydrogen) atoms. The maximum absolute atomic E-state index is 11.2. The van der Waals surface area contributed by atoms with Crippen molar-refractivity contribution in [3.8, 4) is 0 Å². The molecule has 0 amide bonds. The second-order valence-corrected chi connectivity index (χ2v) is 6.15. The molecule has 0 aliphatic rings.